The molecule has 0 saturated heterocycles. The van der Waals surface area contributed by atoms with Crippen LogP contribution in [0.25, 0.3) is 0 Å². The number of benzene rings is 1. The predicted octanol–water partition coefficient (Wildman–Crippen LogP) is 3.15. The van der Waals surface area contributed by atoms with Crippen LogP contribution < -0.4 is 20.7 Å². The van der Waals surface area contributed by atoms with Crippen LogP contribution in [0.4, 0.5) is 10.5 Å². The minimum atomic E-state index is -0.322. The Bertz CT molecular complexity index is 574. The molecule has 6 nitrogen and oxygen atoms in total. The monoisotopic (exact) mass is 347 g/mol. The summed E-state index contributed by atoms with van der Waals surface area (Å²) >= 11 is 0. The fourth-order valence-electron chi connectivity index (χ4n) is 3.20. The topological polar surface area (TPSA) is 79.5 Å². The highest BCUT2D eigenvalue weighted by molar-refractivity contribution is 5.89. The molecule has 1 saturated carbocycles. The molecule has 6 heteroatoms. The molecule has 2 rings (SSSR count). The molecule has 1 aromatic rings. The Morgan fingerprint density at radius 2 is 1.88 bits per heavy atom. The van der Waals surface area contributed by atoms with E-state index in [1.807, 2.05) is 0 Å². The summed E-state index contributed by atoms with van der Waals surface area (Å²) in [5.74, 6) is 1.88. The van der Waals surface area contributed by atoms with Gasteiger partial charge in [0.25, 0.3) is 0 Å². The van der Waals surface area contributed by atoms with Gasteiger partial charge in [0.1, 0.15) is 5.75 Å². The Kier molecular flexibility index (Phi) is 7.10. The quantitative estimate of drug-likeness (QED) is 0.739. The van der Waals surface area contributed by atoms with E-state index in [4.69, 9.17) is 4.74 Å². The van der Waals surface area contributed by atoms with E-state index in [1.165, 1.54) is 12.8 Å². The highest BCUT2D eigenvalue weighted by Crippen LogP contribution is 2.29. The Balaban J connectivity index is 1.67. The lowest BCUT2D eigenvalue weighted by molar-refractivity contribution is -0.122. The molecular weight excluding hydrogens is 318 g/mol. The van der Waals surface area contributed by atoms with Crippen LogP contribution in [0.1, 0.15) is 39.5 Å². The summed E-state index contributed by atoms with van der Waals surface area (Å²) in [6, 6.07) is 7.00. The first-order valence-electron chi connectivity index (χ1n) is 8.98. The first kappa shape index (κ1) is 19.1. The molecule has 0 radical (unpaired) electrons. The molecule has 0 aromatic heterocycles. The Hall–Kier alpha value is -2.24. The Labute approximate surface area is 149 Å². The van der Waals surface area contributed by atoms with Crippen LogP contribution >= 0.6 is 0 Å². The van der Waals surface area contributed by atoms with Crippen LogP contribution in [-0.4, -0.2) is 31.6 Å². The molecule has 0 spiro atoms. The second kappa shape index (κ2) is 9.30. The summed E-state index contributed by atoms with van der Waals surface area (Å²) in [4.78, 5) is 23.9. The molecule has 1 aliphatic rings. The van der Waals surface area contributed by atoms with Crippen LogP contribution in [0.3, 0.4) is 0 Å². The van der Waals surface area contributed by atoms with Gasteiger partial charge in [-0.15, -0.1) is 0 Å². The van der Waals surface area contributed by atoms with E-state index < -0.39 is 0 Å². The highest BCUT2D eigenvalue weighted by Gasteiger charge is 2.27. The van der Waals surface area contributed by atoms with E-state index in [9.17, 15) is 9.59 Å². The third-order valence-electron chi connectivity index (χ3n) is 5.04. The summed E-state index contributed by atoms with van der Waals surface area (Å²) in [5.41, 5.74) is 0.674. The zero-order valence-corrected chi connectivity index (χ0v) is 15.3. The van der Waals surface area contributed by atoms with Crippen molar-refractivity contribution in [3.63, 3.8) is 0 Å². The summed E-state index contributed by atoms with van der Waals surface area (Å²) in [7, 11) is 1.59. The summed E-state index contributed by atoms with van der Waals surface area (Å²) < 4.78 is 5.07. The summed E-state index contributed by atoms with van der Waals surface area (Å²) in [5, 5.41) is 8.54. The van der Waals surface area contributed by atoms with Gasteiger partial charge < -0.3 is 20.7 Å². The van der Waals surface area contributed by atoms with E-state index in [0.29, 0.717) is 24.1 Å². The minimum absolute atomic E-state index is 0.00398. The van der Waals surface area contributed by atoms with Crippen molar-refractivity contribution in [2.45, 2.75) is 45.6 Å². The molecule has 0 heterocycles. The van der Waals surface area contributed by atoms with Crippen molar-refractivity contribution in [1.29, 1.82) is 0 Å². The molecule has 3 N–H and O–H groups in total. The maximum absolute atomic E-state index is 12.1. The van der Waals surface area contributed by atoms with Gasteiger partial charge in [-0.25, -0.2) is 4.79 Å². The molecule has 3 amide bonds. The van der Waals surface area contributed by atoms with E-state index in [1.54, 1.807) is 31.4 Å². The lowest BCUT2D eigenvalue weighted by Gasteiger charge is -2.34. The van der Waals surface area contributed by atoms with Crippen molar-refractivity contribution in [2.24, 2.45) is 11.8 Å². The molecular formula is C19H29N3O3. The minimum Gasteiger partial charge on any atom is -0.497 e. The number of hydrogen-bond donors (Lipinski definition) is 3. The van der Waals surface area contributed by atoms with Gasteiger partial charge in [-0.1, -0.05) is 26.7 Å². The molecule has 138 valence electrons. The standard InChI is InChI=1S/C19H29N3O3/c1-13-5-4-6-17(14(13)2)22-18(23)11-12-20-19(24)21-15-7-9-16(25-3)10-8-15/h7-10,13-14,17H,4-6,11-12H2,1-3H3,(H,22,23)(H2,20,21,24). The Morgan fingerprint density at radius 3 is 2.56 bits per heavy atom. The largest absolute Gasteiger partial charge is 0.497 e. The predicted molar refractivity (Wildman–Crippen MR) is 98.7 cm³/mol. The first-order chi connectivity index (χ1) is 12.0. The van der Waals surface area contributed by atoms with Crippen molar-refractivity contribution < 1.29 is 14.3 Å². The van der Waals surface area contributed by atoms with Gasteiger partial charge in [-0.2, -0.15) is 0 Å². The maximum atomic E-state index is 12.1. The summed E-state index contributed by atoms with van der Waals surface area (Å²) in [6.45, 7) is 4.76. The van der Waals surface area contributed by atoms with Crippen LogP contribution in [-0.2, 0) is 4.79 Å². The number of anilines is 1. The zero-order chi connectivity index (χ0) is 18.2. The highest BCUT2D eigenvalue weighted by atomic mass is 16.5. The first-order valence-corrected chi connectivity index (χ1v) is 8.98. The molecule has 3 unspecified atom stereocenters. The average molecular weight is 347 g/mol. The van der Waals surface area contributed by atoms with Crippen molar-refractivity contribution >= 4 is 17.6 Å². The summed E-state index contributed by atoms with van der Waals surface area (Å²) in [6.07, 6.45) is 3.73. The lowest BCUT2D eigenvalue weighted by atomic mass is 9.78. The molecule has 25 heavy (non-hydrogen) atoms. The number of ether oxygens (including phenoxy) is 1. The van der Waals surface area contributed by atoms with Crippen LogP contribution in [0.15, 0.2) is 24.3 Å². The smallest absolute Gasteiger partial charge is 0.319 e. The second-order valence-corrected chi connectivity index (χ2v) is 6.80. The SMILES string of the molecule is COc1ccc(NC(=O)NCCC(=O)NC2CCCC(C)C2C)cc1. The molecule has 0 bridgehead atoms. The second-order valence-electron chi connectivity index (χ2n) is 6.80. The number of hydrogen-bond acceptors (Lipinski definition) is 3. The van der Waals surface area contributed by atoms with E-state index >= 15 is 0 Å². The van der Waals surface area contributed by atoms with Crippen LogP contribution in [0, 0.1) is 11.8 Å². The van der Waals surface area contributed by atoms with Gasteiger partial charge in [-0.05, 0) is 42.5 Å². The number of nitrogens with one attached hydrogen (secondary N) is 3. The number of amides is 3. The van der Waals surface area contributed by atoms with Gasteiger partial charge in [0, 0.05) is 24.7 Å². The van der Waals surface area contributed by atoms with Crippen molar-refractivity contribution in [2.75, 3.05) is 19.0 Å². The Morgan fingerprint density at radius 1 is 1.16 bits per heavy atom. The molecule has 0 aliphatic heterocycles. The number of carbonyl (C=O) groups excluding carboxylic acids is 2. The van der Waals surface area contributed by atoms with Crippen LogP contribution in [0.5, 0.6) is 5.75 Å². The zero-order valence-electron chi connectivity index (χ0n) is 15.3. The van der Waals surface area contributed by atoms with Crippen molar-refractivity contribution in [3.8, 4) is 5.75 Å². The normalized spacial score (nSPS) is 22.8. The number of carbonyl (C=O) groups is 2. The number of rotatable bonds is 6. The van der Waals surface area contributed by atoms with Gasteiger partial charge in [0.15, 0.2) is 0 Å². The van der Waals surface area contributed by atoms with Crippen molar-refractivity contribution in [3.05, 3.63) is 24.3 Å². The maximum Gasteiger partial charge on any atom is 0.319 e. The van der Waals surface area contributed by atoms with Gasteiger partial charge in [-0.3, -0.25) is 4.79 Å². The number of urea groups is 1. The third-order valence-corrected chi connectivity index (χ3v) is 5.04. The molecule has 3 atom stereocenters. The van der Waals surface area contributed by atoms with Gasteiger partial charge in [0.05, 0.1) is 7.11 Å². The third kappa shape index (κ3) is 5.96. The van der Waals surface area contributed by atoms with Gasteiger partial charge >= 0.3 is 6.03 Å². The van der Waals surface area contributed by atoms with E-state index in [2.05, 4.69) is 29.8 Å². The van der Waals surface area contributed by atoms with Crippen LogP contribution in [0.2, 0.25) is 0 Å². The number of methoxy groups -OCH3 is 1. The fourth-order valence-corrected chi connectivity index (χ4v) is 3.20. The van der Waals surface area contributed by atoms with E-state index in [-0.39, 0.29) is 24.4 Å². The van der Waals surface area contributed by atoms with Crippen molar-refractivity contribution in [1.82, 2.24) is 10.6 Å². The lowest BCUT2D eigenvalue weighted by Crippen LogP contribution is -2.44. The fraction of sp³-hybridized carbons (Fsp3) is 0.579. The molecule has 1 aromatic carbocycles. The van der Waals surface area contributed by atoms with E-state index in [0.717, 1.165) is 12.2 Å². The van der Waals surface area contributed by atoms with Gasteiger partial charge in [0.2, 0.25) is 5.91 Å². The molecule has 1 aliphatic carbocycles. The average Bonchev–Trinajstić information content (AvgIpc) is 2.59. The molecule has 1 fully saturated rings.